The predicted octanol–water partition coefficient (Wildman–Crippen LogP) is 8.00. The van der Waals surface area contributed by atoms with E-state index in [1.54, 1.807) is 11.3 Å². The first-order valence-electron chi connectivity index (χ1n) is 10.2. The van der Waals surface area contributed by atoms with E-state index in [4.69, 9.17) is 15.0 Å². The van der Waals surface area contributed by atoms with Crippen LogP contribution in [0.3, 0.4) is 0 Å². The molecule has 6 rings (SSSR count). The Morgan fingerprint density at radius 3 is 1.94 bits per heavy atom. The Morgan fingerprint density at radius 2 is 1.16 bits per heavy atom. The number of benzene rings is 4. The number of nitrogens with zero attached hydrogens (tertiary/aromatic N) is 3. The topological polar surface area (TPSA) is 38.7 Å². The van der Waals surface area contributed by atoms with Crippen LogP contribution in [0, 0.1) is 0 Å². The average Bonchev–Trinajstić information content (AvgIpc) is 3.24. The highest BCUT2D eigenvalue weighted by atomic mass is 79.9. The van der Waals surface area contributed by atoms with E-state index in [1.807, 2.05) is 54.6 Å². The molecule has 0 atom stereocenters. The molecule has 32 heavy (non-hydrogen) atoms. The average molecular weight is 494 g/mol. The molecular weight excluding hydrogens is 478 g/mol. The first-order valence-corrected chi connectivity index (χ1v) is 11.9. The molecule has 5 heteroatoms. The Bertz CT molecular complexity index is 1570. The minimum Gasteiger partial charge on any atom is -0.208 e. The third kappa shape index (κ3) is 3.40. The quantitative estimate of drug-likeness (QED) is 0.250. The van der Waals surface area contributed by atoms with Gasteiger partial charge < -0.3 is 0 Å². The molecule has 0 N–H and O–H groups in total. The summed E-state index contributed by atoms with van der Waals surface area (Å²) in [5.74, 6) is 2.03. The van der Waals surface area contributed by atoms with Gasteiger partial charge in [0, 0.05) is 41.3 Å². The van der Waals surface area contributed by atoms with Crippen molar-refractivity contribution in [3.8, 4) is 34.2 Å². The van der Waals surface area contributed by atoms with E-state index in [9.17, 15) is 0 Å². The largest absolute Gasteiger partial charge is 0.208 e. The fourth-order valence-corrected chi connectivity index (χ4v) is 5.34. The standard InChI is InChI=1S/C27H16BrN3S/c28-19-15-13-18(14-16-19)26-29-25(17-7-2-1-3-8-17)30-27(31-26)22-11-6-10-21-20-9-4-5-12-23(20)32-24(21)22/h1-16H. The highest BCUT2D eigenvalue weighted by molar-refractivity contribution is 9.10. The maximum atomic E-state index is 4.92. The van der Waals surface area contributed by atoms with E-state index in [0.717, 1.165) is 21.2 Å². The Kier molecular flexibility index (Phi) is 4.78. The minimum absolute atomic E-state index is 0.666. The van der Waals surface area contributed by atoms with E-state index < -0.39 is 0 Å². The predicted molar refractivity (Wildman–Crippen MR) is 137 cm³/mol. The van der Waals surface area contributed by atoms with E-state index in [-0.39, 0.29) is 0 Å². The van der Waals surface area contributed by atoms with Gasteiger partial charge in [-0.2, -0.15) is 0 Å². The van der Waals surface area contributed by atoms with Gasteiger partial charge in [-0.05, 0) is 24.3 Å². The summed E-state index contributed by atoms with van der Waals surface area (Å²) in [6.07, 6.45) is 0. The molecular formula is C27H16BrN3S. The normalized spacial score (nSPS) is 11.3. The van der Waals surface area contributed by atoms with Crippen molar-refractivity contribution < 1.29 is 0 Å². The number of hydrogen-bond donors (Lipinski definition) is 0. The van der Waals surface area contributed by atoms with Gasteiger partial charge in [-0.3, -0.25) is 0 Å². The molecule has 0 radical (unpaired) electrons. The van der Waals surface area contributed by atoms with E-state index >= 15 is 0 Å². The second-order valence-corrected chi connectivity index (χ2v) is 9.43. The lowest BCUT2D eigenvalue weighted by Gasteiger charge is -2.09. The maximum Gasteiger partial charge on any atom is 0.165 e. The number of aromatic nitrogens is 3. The molecule has 6 aromatic rings. The molecule has 0 aliphatic heterocycles. The zero-order valence-electron chi connectivity index (χ0n) is 16.9. The van der Waals surface area contributed by atoms with Crippen molar-refractivity contribution in [1.82, 2.24) is 15.0 Å². The maximum absolute atomic E-state index is 4.92. The lowest BCUT2D eigenvalue weighted by molar-refractivity contribution is 1.08. The fourth-order valence-electron chi connectivity index (χ4n) is 3.86. The number of rotatable bonds is 3. The van der Waals surface area contributed by atoms with Crippen molar-refractivity contribution in [2.75, 3.05) is 0 Å². The zero-order valence-corrected chi connectivity index (χ0v) is 19.3. The third-order valence-corrected chi connectivity index (χ3v) is 7.16. The van der Waals surface area contributed by atoms with Gasteiger partial charge in [0.15, 0.2) is 17.5 Å². The Labute approximate surface area is 197 Å². The Morgan fingerprint density at radius 1 is 0.531 bits per heavy atom. The highest BCUT2D eigenvalue weighted by Gasteiger charge is 2.16. The smallest absolute Gasteiger partial charge is 0.165 e. The lowest BCUT2D eigenvalue weighted by Crippen LogP contribution is -2.00. The molecule has 0 fully saturated rings. The molecule has 3 nitrogen and oxygen atoms in total. The van der Waals surface area contributed by atoms with Crippen LogP contribution >= 0.6 is 27.3 Å². The van der Waals surface area contributed by atoms with Crippen molar-refractivity contribution in [3.05, 3.63) is 102 Å². The molecule has 0 amide bonds. The summed E-state index contributed by atoms with van der Waals surface area (Å²) in [5.41, 5.74) is 2.96. The number of thiophene rings is 1. The van der Waals surface area contributed by atoms with Crippen LogP contribution < -0.4 is 0 Å². The van der Waals surface area contributed by atoms with Gasteiger partial charge in [0.2, 0.25) is 0 Å². The number of fused-ring (bicyclic) bond motifs is 3. The Hall–Kier alpha value is -3.41. The minimum atomic E-state index is 0.666. The molecule has 2 aromatic heterocycles. The first-order chi connectivity index (χ1) is 15.8. The van der Waals surface area contributed by atoms with Gasteiger partial charge in [-0.25, -0.2) is 15.0 Å². The van der Waals surface area contributed by atoms with E-state index in [0.29, 0.717) is 17.5 Å². The van der Waals surface area contributed by atoms with E-state index in [1.165, 1.54) is 20.2 Å². The summed E-state index contributed by atoms with van der Waals surface area (Å²) < 4.78 is 3.48. The molecule has 2 heterocycles. The fraction of sp³-hybridized carbons (Fsp3) is 0. The molecule has 0 aliphatic rings. The molecule has 0 aliphatic carbocycles. The summed E-state index contributed by atoms with van der Waals surface area (Å²) in [4.78, 5) is 14.6. The number of halogens is 1. The van der Waals surface area contributed by atoms with Gasteiger partial charge >= 0.3 is 0 Å². The van der Waals surface area contributed by atoms with Gasteiger partial charge in [-0.15, -0.1) is 11.3 Å². The molecule has 4 aromatic carbocycles. The summed E-state index contributed by atoms with van der Waals surface area (Å²) in [6, 6.07) is 33.0. The monoisotopic (exact) mass is 493 g/mol. The van der Waals surface area contributed by atoms with E-state index in [2.05, 4.69) is 58.4 Å². The molecule has 0 unspecified atom stereocenters. The van der Waals surface area contributed by atoms with Crippen molar-refractivity contribution in [1.29, 1.82) is 0 Å². The lowest BCUT2D eigenvalue weighted by atomic mass is 10.1. The Balaban J connectivity index is 1.62. The van der Waals surface area contributed by atoms with Crippen LogP contribution in [0.5, 0.6) is 0 Å². The molecule has 0 saturated heterocycles. The molecule has 0 spiro atoms. The van der Waals surface area contributed by atoms with Crippen LogP contribution in [0.2, 0.25) is 0 Å². The first kappa shape index (κ1) is 19.3. The highest BCUT2D eigenvalue weighted by Crippen LogP contribution is 2.39. The summed E-state index contributed by atoms with van der Waals surface area (Å²) in [5, 5.41) is 2.50. The van der Waals surface area contributed by atoms with Crippen LogP contribution in [0.4, 0.5) is 0 Å². The van der Waals surface area contributed by atoms with Gasteiger partial charge in [-0.1, -0.05) is 88.7 Å². The second kappa shape index (κ2) is 7.93. The van der Waals surface area contributed by atoms with Crippen molar-refractivity contribution in [2.24, 2.45) is 0 Å². The molecule has 152 valence electrons. The van der Waals surface area contributed by atoms with Gasteiger partial charge in [0.25, 0.3) is 0 Å². The van der Waals surface area contributed by atoms with Crippen LogP contribution in [0.15, 0.2) is 102 Å². The van der Waals surface area contributed by atoms with Crippen molar-refractivity contribution >= 4 is 47.4 Å². The van der Waals surface area contributed by atoms with Crippen LogP contribution in [-0.2, 0) is 0 Å². The number of hydrogen-bond acceptors (Lipinski definition) is 4. The third-order valence-electron chi connectivity index (χ3n) is 5.42. The van der Waals surface area contributed by atoms with Gasteiger partial charge in [0.05, 0.1) is 0 Å². The summed E-state index contributed by atoms with van der Waals surface area (Å²) in [6.45, 7) is 0. The van der Waals surface area contributed by atoms with Crippen LogP contribution in [0.25, 0.3) is 54.3 Å². The SMILES string of the molecule is Brc1ccc(-c2nc(-c3ccccc3)nc(-c3cccc4c3sc3ccccc34)n2)cc1. The second-order valence-electron chi connectivity index (χ2n) is 7.46. The van der Waals surface area contributed by atoms with Crippen molar-refractivity contribution in [2.45, 2.75) is 0 Å². The van der Waals surface area contributed by atoms with Crippen molar-refractivity contribution in [3.63, 3.8) is 0 Å². The van der Waals surface area contributed by atoms with Gasteiger partial charge in [0.1, 0.15) is 0 Å². The van der Waals surface area contributed by atoms with Crippen LogP contribution in [0.1, 0.15) is 0 Å². The molecule has 0 bridgehead atoms. The molecule has 0 saturated carbocycles. The summed E-state index contributed by atoms with van der Waals surface area (Å²) >= 11 is 5.29. The zero-order chi connectivity index (χ0) is 21.5. The van der Waals surface area contributed by atoms with Crippen LogP contribution in [-0.4, -0.2) is 15.0 Å². The summed E-state index contributed by atoms with van der Waals surface area (Å²) in [7, 11) is 0.